The lowest BCUT2D eigenvalue weighted by Gasteiger charge is -2.65. The van der Waals surface area contributed by atoms with Crippen LogP contribution in [0.2, 0.25) is 0 Å². The van der Waals surface area contributed by atoms with E-state index in [4.69, 9.17) is 9.47 Å². The minimum atomic E-state index is -0.405. The van der Waals surface area contributed by atoms with Gasteiger partial charge in [0.2, 0.25) is 0 Å². The summed E-state index contributed by atoms with van der Waals surface area (Å²) in [7, 11) is 0. The number of nitrogens with zero attached hydrogens (tertiary/aromatic N) is 1. The molecule has 1 heterocycles. The van der Waals surface area contributed by atoms with Gasteiger partial charge < -0.3 is 9.47 Å². The van der Waals surface area contributed by atoms with Crippen molar-refractivity contribution < 1.29 is 23.9 Å². The molecule has 6 heteroatoms. The van der Waals surface area contributed by atoms with Crippen molar-refractivity contribution in [3.8, 4) is 0 Å². The SMILES string of the molecule is C=C1[C@@H]2C[C@]3(C(CC2=O)[C@]24C5C[C@H]3[C@H]2N(CC)C[C@]5(C)CC[C@@H]4OC(C)=O)[C@@H]1OC(C)=O. The number of carbonyl (C=O) groups excluding carboxylic acids is 3. The van der Waals surface area contributed by atoms with Gasteiger partial charge in [-0.25, -0.2) is 0 Å². The van der Waals surface area contributed by atoms with Gasteiger partial charge in [0.25, 0.3) is 0 Å². The van der Waals surface area contributed by atoms with Crippen molar-refractivity contribution >= 4 is 17.7 Å². The maximum atomic E-state index is 13.4. The number of ether oxygens (including phenoxy) is 2. The van der Waals surface area contributed by atoms with Gasteiger partial charge in [0.1, 0.15) is 18.0 Å². The fourth-order valence-electron chi connectivity index (χ4n) is 10.4. The molecule has 0 radical (unpaired) electrons. The second-order valence-electron chi connectivity index (χ2n) is 11.8. The first kappa shape index (κ1) is 20.9. The summed E-state index contributed by atoms with van der Waals surface area (Å²) in [6.07, 6.45) is 3.62. The highest BCUT2D eigenvalue weighted by Gasteiger charge is 2.86. The van der Waals surface area contributed by atoms with Crippen molar-refractivity contribution in [3.05, 3.63) is 12.2 Å². The van der Waals surface area contributed by atoms with Gasteiger partial charge in [-0.15, -0.1) is 0 Å². The first-order chi connectivity index (χ1) is 15.1. The molecule has 7 bridgehead atoms. The number of Topliss-reactive ketones (excluding diaryl/α,β-unsaturated/α-hetero) is 1. The number of likely N-dealkylation sites (tertiary alicyclic amines) is 1. The molecule has 0 aromatic carbocycles. The summed E-state index contributed by atoms with van der Waals surface area (Å²) in [5.74, 6) is 0.322. The van der Waals surface area contributed by atoms with Crippen LogP contribution in [0.15, 0.2) is 12.2 Å². The zero-order valence-electron chi connectivity index (χ0n) is 19.7. The van der Waals surface area contributed by atoms with Crippen molar-refractivity contribution in [1.82, 2.24) is 4.90 Å². The van der Waals surface area contributed by atoms with Crippen molar-refractivity contribution in [2.24, 2.45) is 39.9 Å². The highest BCUT2D eigenvalue weighted by molar-refractivity contribution is 5.87. The predicted molar refractivity (Wildman–Crippen MR) is 116 cm³/mol. The highest BCUT2D eigenvalue weighted by Crippen LogP contribution is 2.83. The molecule has 1 aliphatic heterocycles. The van der Waals surface area contributed by atoms with Gasteiger partial charge >= 0.3 is 11.9 Å². The lowest BCUT2D eigenvalue weighted by molar-refractivity contribution is -0.224. The van der Waals surface area contributed by atoms with Crippen LogP contribution in [0.4, 0.5) is 0 Å². The van der Waals surface area contributed by atoms with E-state index in [1.54, 1.807) is 0 Å². The quantitative estimate of drug-likeness (QED) is 0.495. The van der Waals surface area contributed by atoms with Crippen molar-refractivity contribution in [2.75, 3.05) is 13.1 Å². The van der Waals surface area contributed by atoms with E-state index in [-0.39, 0.29) is 57.9 Å². The van der Waals surface area contributed by atoms with E-state index >= 15 is 0 Å². The molecule has 0 amide bonds. The molecule has 10 atom stereocenters. The molecular weight excluding hydrogens is 406 g/mol. The number of fused-ring (bicyclic) bond motifs is 1. The molecule has 0 aromatic heterocycles. The Morgan fingerprint density at radius 1 is 1.19 bits per heavy atom. The second kappa shape index (κ2) is 6.25. The van der Waals surface area contributed by atoms with Crippen LogP contribution in [-0.4, -0.2) is 54.0 Å². The van der Waals surface area contributed by atoms with Crippen LogP contribution in [0.1, 0.15) is 59.8 Å². The van der Waals surface area contributed by atoms with Crippen molar-refractivity contribution in [3.63, 3.8) is 0 Å². The summed E-state index contributed by atoms with van der Waals surface area (Å²) in [5.41, 5.74) is 0.446. The summed E-state index contributed by atoms with van der Waals surface area (Å²) in [5, 5.41) is 0. The molecular formula is C26H35NO5. The first-order valence-electron chi connectivity index (χ1n) is 12.4. The fraction of sp³-hybridized carbons (Fsp3) is 0.808. The van der Waals surface area contributed by atoms with Crippen LogP contribution >= 0.6 is 0 Å². The Kier molecular flexibility index (Phi) is 4.08. The molecule has 6 aliphatic rings. The Morgan fingerprint density at radius 3 is 2.56 bits per heavy atom. The molecule has 5 saturated carbocycles. The molecule has 0 aromatic rings. The van der Waals surface area contributed by atoms with Gasteiger partial charge in [0.05, 0.1) is 0 Å². The van der Waals surface area contributed by atoms with E-state index in [9.17, 15) is 14.4 Å². The summed E-state index contributed by atoms with van der Waals surface area (Å²) in [4.78, 5) is 40.5. The third kappa shape index (κ3) is 2.10. The summed E-state index contributed by atoms with van der Waals surface area (Å²) in [6.45, 7) is 13.9. The number of ketones is 1. The zero-order chi connectivity index (χ0) is 22.8. The van der Waals surface area contributed by atoms with Crippen molar-refractivity contribution in [1.29, 1.82) is 0 Å². The lowest BCUT2D eigenvalue weighted by Crippen LogP contribution is -2.69. The van der Waals surface area contributed by atoms with E-state index in [0.717, 1.165) is 44.3 Å². The maximum Gasteiger partial charge on any atom is 0.303 e. The molecule has 1 saturated heterocycles. The standard InChI is InChI=1S/C26H35NO5/c1-6-27-12-24(5)8-7-21(31-14(3)28)26-19(24)9-17(22(26)27)25-11-16(18(30)10-20(25)26)13(2)23(25)32-15(4)29/h16-17,19-23H,2,6-12H2,1,3-5H3/t16-,17-,19?,20?,21-,22+,23+,24-,25-,26-/m0/s1. The maximum absolute atomic E-state index is 13.4. The molecule has 2 unspecified atom stereocenters. The molecule has 6 rings (SSSR count). The van der Waals surface area contributed by atoms with Gasteiger partial charge in [-0.3, -0.25) is 19.3 Å². The van der Waals surface area contributed by atoms with Crippen LogP contribution in [0.3, 0.4) is 0 Å². The van der Waals surface area contributed by atoms with E-state index in [2.05, 4.69) is 25.3 Å². The van der Waals surface area contributed by atoms with Gasteiger partial charge in [-0.2, -0.15) is 0 Å². The van der Waals surface area contributed by atoms with E-state index in [1.165, 1.54) is 13.8 Å². The number of hydrogen-bond donors (Lipinski definition) is 0. The topological polar surface area (TPSA) is 72.9 Å². The van der Waals surface area contributed by atoms with Gasteiger partial charge in [-0.1, -0.05) is 20.4 Å². The molecule has 0 N–H and O–H groups in total. The van der Waals surface area contributed by atoms with Gasteiger partial charge in [0.15, 0.2) is 0 Å². The lowest BCUT2D eigenvalue weighted by atomic mass is 9.43. The Bertz CT molecular complexity index is 945. The third-order valence-electron chi connectivity index (χ3n) is 10.9. The van der Waals surface area contributed by atoms with Gasteiger partial charge in [-0.05, 0) is 61.0 Å². The average molecular weight is 442 g/mol. The molecule has 2 spiro atoms. The normalized spacial score (nSPS) is 52.7. The fourth-order valence-corrected chi connectivity index (χ4v) is 10.4. The molecule has 174 valence electrons. The zero-order valence-corrected chi connectivity index (χ0v) is 19.7. The minimum Gasteiger partial charge on any atom is -0.462 e. The first-order valence-corrected chi connectivity index (χ1v) is 12.4. The Morgan fingerprint density at radius 2 is 1.91 bits per heavy atom. The third-order valence-corrected chi connectivity index (χ3v) is 10.9. The predicted octanol–water partition coefficient (Wildman–Crippen LogP) is 3.14. The van der Waals surface area contributed by atoms with E-state index < -0.39 is 6.10 Å². The monoisotopic (exact) mass is 441 g/mol. The molecule has 6 fully saturated rings. The van der Waals surface area contributed by atoms with Crippen LogP contribution in [0.5, 0.6) is 0 Å². The van der Waals surface area contributed by atoms with Gasteiger partial charge in [0, 0.05) is 49.6 Å². The number of hydrogen-bond acceptors (Lipinski definition) is 6. The molecule has 5 aliphatic carbocycles. The second-order valence-corrected chi connectivity index (χ2v) is 11.8. The average Bonchev–Trinajstić information content (AvgIpc) is 3.24. The van der Waals surface area contributed by atoms with Crippen LogP contribution in [-0.2, 0) is 23.9 Å². The number of rotatable bonds is 3. The largest absolute Gasteiger partial charge is 0.462 e. The number of piperidine rings is 1. The number of esters is 2. The minimum absolute atomic E-state index is 0.0643. The van der Waals surface area contributed by atoms with Crippen LogP contribution in [0.25, 0.3) is 0 Å². The summed E-state index contributed by atoms with van der Waals surface area (Å²) in [6, 6.07) is 0.260. The van der Waals surface area contributed by atoms with E-state index in [1.807, 2.05) is 0 Å². The Labute approximate surface area is 190 Å². The van der Waals surface area contributed by atoms with Crippen LogP contribution < -0.4 is 0 Å². The Balaban J connectivity index is 1.59. The molecule has 6 nitrogen and oxygen atoms in total. The summed E-state index contributed by atoms with van der Waals surface area (Å²) < 4.78 is 12.2. The Hall–Kier alpha value is -1.69. The van der Waals surface area contributed by atoms with Crippen LogP contribution in [0, 0.1) is 39.9 Å². The van der Waals surface area contributed by atoms with E-state index in [0.29, 0.717) is 18.3 Å². The highest BCUT2D eigenvalue weighted by atomic mass is 16.5. The smallest absolute Gasteiger partial charge is 0.303 e. The molecule has 32 heavy (non-hydrogen) atoms. The number of carbonyl (C=O) groups is 3. The van der Waals surface area contributed by atoms with Crippen molar-refractivity contribution in [2.45, 2.75) is 78.0 Å². The summed E-state index contributed by atoms with van der Waals surface area (Å²) >= 11 is 0.